The highest BCUT2D eigenvalue weighted by molar-refractivity contribution is 5.88. The monoisotopic (exact) mass is 267 g/mol. The lowest BCUT2D eigenvalue weighted by atomic mass is 10.0. The highest BCUT2D eigenvalue weighted by Gasteiger charge is 2.39. The number of allylic oxidation sites excluding steroid dienone is 3. The van der Waals surface area contributed by atoms with E-state index in [0.29, 0.717) is 13.2 Å². The molecule has 1 aliphatic rings. The molecule has 1 N–H and O–H groups in total. The molecular formula is C14H21NO4. The molecule has 5 heteroatoms. The fraction of sp³-hybridized carbons (Fsp3) is 0.571. The Morgan fingerprint density at radius 2 is 2.11 bits per heavy atom. The van der Waals surface area contributed by atoms with Gasteiger partial charge in [0.25, 0.3) is 0 Å². The molecule has 1 fully saturated rings. The van der Waals surface area contributed by atoms with E-state index in [9.17, 15) is 9.59 Å². The van der Waals surface area contributed by atoms with Gasteiger partial charge in [-0.05, 0) is 13.3 Å². The van der Waals surface area contributed by atoms with Gasteiger partial charge in [-0.2, -0.15) is 0 Å². The van der Waals surface area contributed by atoms with Crippen LogP contribution in [0.1, 0.15) is 20.3 Å². The number of hydrogen-bond donors (Lipinski definition) is 1. The molecule has 0 aliphatic carbocycles. The molecule has 0 bridgehead atoms. The number of carboxylic acid groups (broad SMARTS) is 1. The van der Waals surface area contributed by atoms with Crippen LogP contribution in [0.5, 0.6) is 0 Å². The number of hydrogen-bond acceptors (Lipinski definition) is 3. The maximum Gasteiger partial charge on any atom is 0.311 e. The number of rotatable bonds is 6. The first-order valence-electron chi connectivity index (χ1n) is 6.52. The van der Waals surface area contributed by atoms with E-state index in [1.807, 2.05) is 19.9 Å². The minimum Gasteiger partial charge on any atom is -0.481 e. The normalized spacial score (nSPS) is 23.3. The highest BCUT2D eigenvalue weighted by atomic mass is 16.5. The molecule has 19 heavy (non-hydrogen) atoms. The van der Waals surface area contributed by atoms with Crippen molar-refractivity contribution < 1.29 is 19.4 Å². The molecule has 0 spiro atoms. The number of aliphatic carboxylic acids is 1. The number of carbonyl (C=O) groups excluding carboxylic acids is 1. The van der Waals surface area contributed by atoms with Crippen LogP contribution in [0.2, 0.25) is 0 Å². The largest absolute Gasteiger partial charge is 0.481 e. The van der Waals surface area contributed by atoms with E-state index in [2.05, 4.69) is 0 Å². The van der Waals surface area contributed by atoms with Crippen LogP contribution in [0.15, 0.2) is 24.3 Å². The van der Waals surface area contributed by atoms with E-state index in [1.54, 1.807) is 17.1 Å². The minimum atomic E-state index is -0.908. The molecule has 2 unspecified atom stereocenters. The zero-order chi connectivity index (χ0) is 14.3. The van der Waals surface area contributed by atoms with E-state index in [1.165, 1.54) is 6.08 Å². The van der Waals surface area contributed by atoms with Crippen LogP contribution in [-0.4, -0.2) is 47.7 Å². The summed E-state index contributed by atoms with van der Waals surface area (Å²) in [5.74, 6) is -1.71. The number of carboxylic acids is 1. The Hall–Kier alpha value is -1.62. The smallest absolute Gasteiger partial charge is 0.311 e. The van der Waals surface area contributed by atoms with Crippen molar-refractivity contribution in [3.05, 3.63) is 24.3 Å². The topological polar surface area (TPSA) is 66.8 Å². The average molecular weight is 267 g/mol. The Labute approximate surface area is 113 Å². The Morgan fingerprint density at radius 1 is 1.37 bits per heavy atom. The van der Waals surface area contributed by atoms with Crippen molar-refractivity contribution in [1.82, 2.24) is 4.90 Å². The Morgan fingerprint density at radius 3 is 2.68 bits per heavy atom. The average Bonchev–Trinajstić information content (AvgIpc) is 2.85. The van der Waals surface area contributed by atoms with Gasteiger partial charge in [0.1, 0.15) is 5.92 Å². The SMILES string of the molecule is C/C=C/C=C\C(=O)N(CCC)C1COCC1C(=O)O. The first-order valence-corrected chi connectivity index (χ1v) is 6.52. The number of amides is 1. The predicted octanol–water partition coefficient (Wildman–Crippen LogP) is 1.46. The lowest BCUT2D eigenvalue weighted by Crippen LogP contribution is -2.46. The van der Waals surface area contributed by atoms with Crippen LogP contribution in [0.3, 0.4) is 0 Å². The van der Waals surface area contributed by atoms with Crippen LogP contribution in [0.25, 0.3) is 0 Å². The summed E-state index contributed by atoms with van der Waals surface area (Å²) in [7, 11) is 0. The van der Waals surface area contributed by atoms with Crippen molar-refractivity contribution in [2.75, 3.05) is 19.8 Å². The first kappa shape index (κ1) is 15.4. The van der Waals surface area contributed by atoms with Gasteiger partial charge in [0, 0.05) is 12.6 Å². The van der Waals surface area contributed by atoms with E-state index in [4.69, 9.17) is 9.84 Å². The van der Waals surface area contributed by atoms with Crippen LogP contribution in [-0.2, 0) is 14.3 Å². The van der Waals surface area contributed by atoms with Gasteiger partial charge < -0.3 is 14.7 Å². The third kappa shape index (κ3) is 4.21. The molecule has 1 heterocycles. The van der Waals surface area contributed by atoms with Gasteiger partial charge in [0.05, 0.1) is 19.3 Å². The molecule has 0 aromatic carbocycles. The van der Waals surface area contributed by atoms with Crippen LogP contribution >= 0.6 is 0 Å². The summed E-state index contributed by atoms with van der Waals surface area (Å²) in [6.45, 7) is 4.83. The Bertz CT molecular complexity index is 376. The van der Waals surface area contributed by atoms with Gasteiger partial charge in [-0.1, -0.05) is 25.2 Å². The molecule has 0 aromatic heterocycles. The standard InChI is InChI=1S/C14H21NO4/c1-3-5-6-7-13(16)15(8-4-2)12-10-19-9-11(12)14(17)18/h3,5-7,11-12H,4,8-10H2,1-2H3,(H,17,18)/b5-3+,7-6-. The van der Waals surface area contributed by atoms with Gasteiger partial charge in [-0.3, -0.25) is 9.59 Å². The molecule has 1 amide bonds. The Balaban J connectivity index is 2.81. The van der Waals surface area contributed by atoms with Gasteiger partial charge in [-0.25, -0.2) is 0 Å². The molecule has 1 saturated heterocycles. The van der Waals surface area contributed by atoms with Crippen molar-refractivity contribution in [1.29, 1.82) is 0 Å². The van der Waals surface area contributed by atoms with Crippen molar-refractivity contribution in [3.8, 4) is 0 Å². The van der Waals surface area contributed by atoms with E-state index >= 15 is 0 Å². The summed E-state index contributed by atoms with van der Waals surface area (Å²) < 4.78 is 5.22. The van der Waals surface area contributed by atoms with Crippen LogP contribution in [0.4, 0.5) is 0 Å². The zero-order valence-electron chi connectivity index (χ0n) is 11.4. The fourth-order valence-electron chi connectivity index (χ4n) is 2.11. The molecule has 1 rings (SSSR count). The summed E-state index contributed by atoms with van der Waals surface area (Å²) in [6.07, 6.45) is 7.50. The van der Waals surface area contributed by atoms with Crippen molar-refractivity contribution >= 4 is 11.9 Å². The number of nitrogens with zero attached hydrogens (tertiary/aromatic N) is 1. The summed E-state index contributed by atoms with van der Waals surface area (Å²) in [6, 6.07) is -0.375. The predicted molar refractivity (Wildman–Crippen MR) is 71.7 cm³/mol. The summed E-state index contributed by atoms with van der Waals surface area (Å²) in [5, 5.41) is 9.15. The summed E-state index contributed by atoms with van der Waals surface area (Å²) >= 11 is 0. The quantitative estimate of drug-likeness (QED) is 0.584. The second-order valence-corrected chi connectivity index (χ2v) is 4.47. The zero-order valence-corrected chi connectivity index (χ0v) is 11.4. The van der Waals surface area contributed by atoms with Gasteiger partial charge in [0.2, 0.25) is 5.91 Å². The van der Waals surface area contributed by atoms with Crippen molar-refractivity contribution in [3.63, 3.8) is 0 Å². The molecule has 0 aromatic rings. The summed E-state index contributed by atoms with van der Waals surface area (Å²) in [4.78, 5) is 24.9. The van der Waals surface area contributed by atoms with Gasteiger partial charge >= 0.3 is 5.97 Å². The van der Waals surface area contributed by atoms with E-state index in [-0.39, 0.29) is 18.6 Å². The van der Waals surface area contributed by atoms with Gasteiger partial charge in [0.15, 0.2) is 0 Å². The second-order valence-electron chi connectivity index (χ2n) is 4.47. The van der Waals surface area contributed by atoms with E-state index in [0.717, 1.165) is 6.42 Å². The second kappa shape index (κ2) is 7.74. The van der Waals surface area contributed by atoms with Crippen molar-refractivity contribution in [2.24, 2.45) is 5.92 Å². The maximum atomic E-state index is 12.1. The Kier molecular flexibility index (Phi) is 6.29. The third-order valence-electron chi connectivity index (χ3n) is 3.06. The first-order chi connectivity index (χ1) is 9.11. The highest BCUT2D eigenvalue weighted by Crippen LogP contribution is 2.20. The number of carbonyl (C=O) groups is 2. The molecule has 0 radical (unpaired) electrons. The van der Waals surface area contributed by atoms with Crippen LogP contribution < -0.4 is 0 Å². The molecule has 1 aliphatic heterocycles. The number of ether oxygens (including phenoxy) is 1. The van der Waals surface area contributed by atoms with Gasteiger partial charge in [-0.15, -0.1) is 0 Å². The van der Waals surface area contributed by atoms with Crippen molar-refractivity contribution in [2.45, 2.75) is 26.3 Å². The maximum absolute atomic E-state index is 12.1. The molecular weight excluding hydrogens is 246 g/mol. The molecule has 0 saturated carbocycles. The molecule has 5 nitrogen and oxygen atoms in total. The summed E-state index contributed by atoms with van der Waals surface area (Å²) in [5.41, 5.74) is 0. The lowest BCUT2D eigenvalue weighted by Gasteiger charge is -2.29. The lowest BCUT2D eigenvalue weighted by molar-refractivity contribution is -0.144. The van der Waals surface area contributed by atoms with Crippen LogP contribution in [0, 0.1) is 5.92 Å². The third-order valence-corrected chi connectivity index (χ3v) is 3.06. The van der Waals surface area contributed by atoms with E-state index < -0.39 is 11.9 Å². The molecule has 106 valence electrons. The fourth-order valence-corrected chi connectivity index (χ4v) is 2.11. The minimum absolute atomic E-state index is 0.165. The molecule has 2 atom stereocenters.